The number of fused-ring (bicyclic) bond motifs is 1. The van der Waals surface area contributed by atoms with E-state index in [9.17, 15) is 0 Å². The summed E-state index contributed by atoms with van der Waals surface area (Å²) in [5.74, 6) is 2.01. The fraction of sp³-hybridized carbons (Fsp3) is 0.294. The highest BCUT2D eigenvalue weighted by atomic mass is 16.6. The number of rotatable bonds is 4. The molecule has 1 heterocycles. The third kappa shape index (κ3) is 2.78. The van der Waals surface area contributed by atoms with Crippen molar-refractivity contribution in [1.29, 1.82) is 0 Å². The van der Waals surface area contributed by atoms with Gasteiger partial charge >= 0.3 is 0 Å². The van der Waals surface area contributed by atoms with Gasteiger partial charge in [0, 0.05) is 5.92 Å². The molecule has 2 aromatic carbocycles. The predicted molar refractivity (Wildman–Crippen MR) is 79.4 cm³/mol. The quantitative estimate of drug-likeness (QED) is 0.928. The Morgan fingerprint density at radius 1 is 0.950 bits per heavy atom. The zero-order chi connectivity index (χ0) is 13.8. The van der Waals surface area contributed by atoms with E-state index >= 15 is 0 Å². The van der Waals surface area contributed by atoms with Gasteiger partial charge in [0.1, 0.15) is 13.2 Å². The van der Waals surface area contributed by atoms with Crippen LogP contribution in [0.4, 0.5) is 0 Å². The Balaban J connectivity index is 1.79. The lowest BCUT2D eigenvalue weighted by molar-refractivity contribution is 0.171. The van der Waals surface area contributed by atoms with Gasteiger partial charge in [-0.05, 0) is 36.2 Å². The number of benzene rings is 2. The van der Waals surface area contributed by atoms with Gasteiger partial charge in [0.05, 0.1) is 0 Å². The predicted octanol–water partition coefficient (Wildman–Crippen LogP) is 2.74. The Labute approximate surface area is 119 Å². The maximum atomic E-state index is 5.93. The van der Waals surface area contributed by atoms with Crippen molar-refractivity contribution in [2.24, 2.45) is 5.73 Å². The van der Waals surface area contributed by atoms with Crippen LogP contribution in [0.3, 0.4) is 0 Å². The smallest absolute Gasteiger partial charge is 0.161 e. The lowest BCUT2D eigenvalue weighted by Crippen LogP contribution is -2.17. The molecule has 0 saturated heterocycles. The van der Waals surface area contributed by atoms with Crippen LogP contribution in [0.25, 0.3) is 0 Å². The van der Waals surface area contributed by atoms with Gasteiger partial charge in [-0.2, -0.15) is 0 Å². The second kappa shape index (κ2) is 5.97. The SMILES string of the molecule is NCC(Cc1ccc2c(c1)OCCO2)c1ccccc1. The summed E-state index contributed by atoms with van der Waals surface area (Å²) in [6.07, 6.45) is 0.914. The van der Waals surface area contributed by atoms with Gasteiger partial charge in [-0.25, -0.2) is 0 Å². The van der Waals surface area contributed by atoms with E-state index in [1.807, 2.05) is 12.1 Å². The van der Waals surface area contributed by atoms with Crippen LogP contribution >= 0.6 is 0 Å². The van der Waals surface area contributed by atoms with E-state index in [2.05, 4.69) is 36.4 Å². The number of ether oxygens (including phenoxy) is 2. The van der Waals surface area contributed by atoms with Crippen molar-refractivity contribution in [1.82, 2.24) is 0 Å². The van der Waals surface area contributed by atoms with E-state index in [0.29, 0.717) is 25.7 Å². The van der Waals surface area contributed by atoms with Gasteiger partial charge < -0.3 is 15.2 Å². The molecule has 0 bridgehead atoms. The highest BCUT2D eigenvalue weighted by Gasteiger charge is 2.15. The van der Waals surface area contributed by atoms with Crippen LogP contribution in [0, 0.1) is 0 Å². The molecule has 1 aliphatic rings. The molecule has 0 saturated carbocycles. The van der Waals surface area contributed by atoms with Crippen molar-refractivity contribution in [3.8, 4) is 11.5 Å². The maximum absolute atomic E-state index is 5.93. The molecule has 1 atom stereocenters. The molecule has 0 spiro atoms. The molecule has 0 aliphatic carbocycles. The molecule has 1 aliphatic heterocycles. The maximum Gasteiger partial charge on any atom is 0.161 e. The molecule has 3 heteroatoms. The van der Waals surface area contributed by atoms with Crippen LogP contribution in [0.1, 0.15) is 17.0 Å². The largest absolute Gasteiger partial charge is 0.486 e. The van der Waals surface area contributed by atoms with Crippen molar-refractivity contribution >= 4 is 0 Å². The Bertz CT molecular complexity index is 568. The topological polar surface area (TPSA) is 44.5 Å². The van der Waals surface area contributed by atoms with Gasteiger partial charge in [-0.3, -0.25) is 0 Å². The van der Waals surface area contributed by atoms with Crippen molar-refractivity contribution in [3.63, 3.8) is 0 Å². The Morgan fingerprint density at radius 2 is 1.70 bits per heavy atom. The van der Waals surface area contributed by atoms with Crippen LogP contribution in [0.2, 0.25) is 0 Å². The van der Waals surface area contributed by atoms with Crippen LogP contribution < -0.4 is 15.2 Å². The Hall–Kier alpha value is -2.00. The first kappa shape index (κ1) is 13.0. The number of nitrogens with two attached hydrogens (primary N) is 1. The van der Waals surface area contributed by atoms with Gasteiger partial charge in [0.2, 0.25) is 0 Å². The summed E-state index contributed by atoms with van der Waals surface area (Å²) in [4.78, 5) is 0. The minimum absolute atomic E-state index is 0.332. The highest BCUT2D eigenvalue weighted by molar-refractivity contribution is 5.44. The zero-order valence-electron chi connectivity index (χ0n) is 11.4. The molecule has 0 fully saturated rings. The van der Waals surface area contributed by atoms with Gasteiger partial charge in [-0.15, -0.1) is 0 Å². The summed E-state index contributed by atoms with van der Waals surface area (Å²) >= 11 is 0. The summed E-state index contributed by atoms with van der Waals surface area (Å²) < 4.78 is 11.2. The van der Waals surface area contributed by atoms with Crippen molar-refractivity contribution in [2.75, 3.05) is 19.8 Å². The molecule has 3 rings (SSSR count). The Morgan fingerprint density at radius 3 is 2.45 bits per heavy atom. The fourth-order valence-corrected chi connectivity index (χ4v) is 2.56. The number of hydrogen-bond acceptors (Lipinski definition) is 3. The molecule has 0 radical (unpaired) electrons. The molecule has 0 aromatic heterocycles. The average molecular weight is 269 g/mol. The summed E-state index contributed by atoms with van der Waals surface area (Å²) in [7, 11) is 0. The first-order valence-corrected chi connectivity index (χ1v) is 7.00. The van der Waals surface area contributed by atoms with Crippen molar-refractivity contribution in [3.05, 3.63) is 59.7 Å². The average Bonchev–Trinajstić information content (AvgIpc) is 2.53. The van der Waals surface area contributed by atoms with E-state index in [4.69, 9.17) is 15.2 Å². The first-order valence-electron chi connectivity index (χ1n) is 7.00. The molecular weight excluding hydrogens is 250 g/mol. The normalized spacial score (nSPS) is 14.8. The van der Waals surface area contributed by atoms with Gasteiger partial charge in [0.25, 0.3) is 0 Å². The Kier molecular flexibility index (Phi) is 3.88. The molecule has 2 N–H and O–H groups in total. The molecule has 3 nitrogen and oxygen atoms in total. The van der Waals surface area contributed by atoms with E-state index < -0.39 is 0 Å². The van der Waals surface area contributed by atoms with E-state index in [1.165, 1.54) is 11.1 Å². The number of hydrogen-bond donors (Lipinski definition) is 1. The van der Waals surface area contributed by atoms with Gasteiger partial charge in [0.15, 0.2) is 11.5 Å². The molecule has 1 unspecified atom stereocenters. The molecular formula is C17H19NO2. The fourth-order valence-electron chi connectivity index (χ4n) is 2.56. The minimum atomic E-state index is 0.332. The molecule has 20 heavy (non-hydrogen) atoms. The van der Waals surface area contributed by atoms with Crippen LogP contribution in [-0.2, 0) is 6.42 Å². The third-order valence-electron chi connectivity index (χ3n) is 3.64. The standard InChI is InChI=1S/C17H19NO2/c18-12-15(14-4-2-1-3-5-14)10-13-6-7-16-17(11-13)20-9-8-19-16/h1-7,11,15H,8-10,12,18H2. The summed E-state index contributed by atoms with van der Waals surface area (Å²) in [5.41, 5.74) is 8.45. The summed E-state index contributed by atoms with van der Waals surface area (Å²) in [6, 6.07) is 16.6. The summed E-state index contributed by atoms with van der Waals surface area (Å²) in [6.45, 7) is 1.88. The van der Waals surface area contributed by atoms with Crippen LogP contribution in [0.15, 0.2) is 48.5 Å². The van der Waals surface area contributed by atoms with Crippen LogP contribution in [0.5, 0.6) is 11.5 Å². The van der Waals surface area contributed by atoms with E-state index in [1.54, 1.807) is 0 Å². The van der Waals surface area contributed by atoms with E-state index in [0.717, 1.165) is 17.9 Å². The van der Waals surface area contributed by atoms with Crippen molar-refractivity contribution < 1.29 is 9.47 Å². The third-order valence-corrected chi connectivity index (χ3v) is 3.64. The minimum Gasteiger partial charge on any atom is -0.486 e. The first-order chi connectivity index (χ1) is 9.86. The molecule has 0 amide bonds. The second-order valence-electron chi connectivity index (χ2n) is 5.03. The lowest BCUT2D eigenvalue weighted by Gasteiger charge is -2.20. The van der Waals surface area contributed by atoms with Gasteiger partial charge in [-0.1, -0.05) is 36.4 Å². The zero-order valence-corrected chi connectivity index (χ0v) is 11.4. The highest BCUT2D eigenvalue weighted by Crippen LogP contribution is 2.32. The van der Waals surface area contributed by atoms with Crippen molar-refractivity contribution in [2.45, 2.75) is 12.3 Å². The summed E-state index contributed by atoms with van der Waals surface area (Å²) in [5, 5.41) is 0. The van der Waals surface area contributed by atoms with E-state index in [-0.39, 0.29) is 0 Å². The lowest BCUT2D eigenvalue weighted by atomic mass is 9.92. The second-order valence-corrected chi connectivity index (χ2v) is 5.03. The monoisotopic (exact) mass is 269 g/mol. The van der Waals surface area contributed by atoms with Crippen LogP contribution in [-0.4, -0.2) is 19.8 Å². The molecule has 2 aromatic rings. The molecule has 104 valence electrons.